The summed E-state index contributed by atoms with van der Waals surface area (Å²) in [5, 5.41) is 10.2. The van der Waals surface area contributed by atoms with Crippen LogP contribution in [0.3, 0.4) is 0 Å². The van der Waals surface area contributed by atoms with Crippen LogP contribution in [0.5, 0.6) is 0 Å². The lowest BCUT2D eigenvalue weighted by Crippen LogP contribution is -2.24. The zero-order chi connectivity index (χ0) is 13.2. The normalized spacial score (nSPS) is 28.5. The minimum Gasteiger partial charge on any atom is -0.388 e. The van der Waals surface area contributed by atoms with E-state index in [1.807, 2.05) is 0 Å². The fraction of sp³-hybridized carbons (Fsp3) is 0.647. The molecule has 1 aliphatic heterocycles. The summed E-state index contributed by atoms with van der Waals surface area (Å²) in [5.41, 5.74) is 2.31. The first-order valence-electron chi connectivity index (χ1n) is 7.69. The predicted molar refractivity (Wildman–Crippen MR) is 78.0 cm³/mol. The molecule has 2 aliphatic rings. The Morgan fingerprint density at radius 1 is 1.16 bits per heavy atom. The molecule has 2 nitrogen and oxygen atoms in total. The molecule has 3 rings (SSSR count). The van der Waals surface area contributed by atoms with Crippen molar-refractivity contribution in [2.45, 2.75) is 38.7 Å². The van der Waals surface area contributed by atoms with Gasteiger partial charge in [0, 0.05) is 19.6 Å². The molecule has 1 saturated carbocycles. The van der Waals surface area contributed by atoms with E-state index in [1.165, 1.54) is 37.9 Å². The first-order valence-corrected chi connectivity index (χ1v) is 7.69. The standard InChI is InChI=1S/C17H25NO/c1-13-5-7-14(8-6-13)17(19)9-10-18-11-15-3-2-4-16(15)12-18/h5-8,15-17,19H,2-4,9-12H2,1H3. The van der Waals surface area contributed by atoms with Gasteiger partial charge in [-0.1, -0.05) is 36.2 Å². The summed E-state index contributed by atoms with van der Waals surface area (Å²) in [4.78, 5) is 2.56. The Kier molecular flexibility index (Phi) is 3.90. The third-order valence-electron chi connectivity index (χ3n) is 4.98. The van der Waals surface area contributed by atoms with Crippen molar-refractivity contribution in [3.05, 3.63) is 35.4 Å². The Morgan fingerprint density at radius 2 is 1.79 bits per heavy atom. The summed E-state index contributed by atoms with van der Waals surface area (Å²) in [7, 11) is 0. The second-order valence-electron chi connectivity index (χ2n) is 6.43. The molecule has 1 heterocycles. The van der Waals surface area contributed by atoms with Crippen LogP contribution in [0.25, 0.3) is 0 Å². The molecular weight excluding hydrogens is 234 g/mol. The first kappa shape index (κ1) is 13.1. The zero-order valence-electron chi connectivity index (χ0n) is 11.9. The van der Waals surface area contributed by atoms with Crippen molar-refractivity contribution >= 4 is 0 Å². The van der Waals surface area contributed by atoms with Gasteiger partial charge in [0.1, 0.15) is 0 Å². The number of aliphatic hydroxyl groups excluding tert-OH is 1. The maximum Gasteiger partial charge on any atom is 0.0802 e. The van der Waals surface area contributed by atoms with Gasteiger partial charge in [0.25, 0.3) is 0 Å². The van der Waals surface area contributed by atoms with Crippen molar-refractivity contribution < 1.29 is 5.11 Å². The van der Waals surface area contributed by atoms with E-state index in [4.69, 9.17) is 0 Å². The molecule has 1 saturated heterocycles. The quantitative estimate of drug-likeness (QED) is 0.898. The van der Waals surface area contributed by atoms with E-state index in [0.29, 0.717) is 0 Å². The number of likely N-dealkylation sites (tertiary alicyclic amines) is 1. The maximum atomic E-state index is 10.2. The van der Waals surface area contributed by atoms with Gasteiger partial charge >= 0.3 is 0 Å². The molecule has 3 atom stereocenters. The van der Waals surface area contributed by atoms with Crippen LogP contribution in [0.1, 0.15) is 42.9 Å². The molecule has 1 aromatic rings. The lowest BCUT2D eigenvalue weighted by molar-refractivity contribution is 0.146. The lowest BCUT2D eigenvalue weighted by Gasteiger charge is -2.19. The molecule has 0 bridgehead atoms. The van der Waals surface area contributed by atoms with Crippen molar-refractivity contribution in [3.63, 3.8) is 0 Å². The Balaban J connectivity index is 1.48. The summed E-state index contributed by atoms with van der Waals surface area (Å²) < 4.78 is 0. The minimum absolute atomic E-state index is 0.305. The highest BCUT2D eigenvalue weighted by molar-refractivity contribution is 5.23. The van der Waals surface area contributed by atoms with Gasteiger partial charge in [-0.05, 0) is 43.6 Å². The smallest absolute Gasteiger partial charge is 0.0802 e. The number of fused-ring (bicyclic) bond motifs is 1. The number of aryl methyl sites for hydroxylation is 1. The fourth-order valence-electron chi connectivity index (χ4n) is 3.77. The highest BCUT2D eigenvalue weighted by Crippen LogP contribution is 2.37. The molecule has 3 unspecified atom stereocenters. The van der Waals surface area contributed by atoms with Gasteiger partial charge in [0.2, 0.25) is 0 Å². The Bertz CT molecular complexity index is 402. The van der Waals surface area contributed by atoms with Crippen LogP contribution >= 0.6 is 0 Å². The summed E-state index contributed by atoms with van der Waals surface area (Å²) in [6.07, 6.45) is 4.86. The molecule has 1 N–H and O–H groups in total. The molecule has 0 amide bonds. The Labute approximate surface area is 116 Å². The fourth-order valence-corrected chi connectivity index (χ4v) is 3.77. The number of aliphatic hydroxyl groups is 1. The largest absolute Gasteiger partial charge is 0.388 e. The Hall–Kier alpha value is -0.860. The molecule has 1 aliphatic carbocycles. The highest BCUT2D eigenvalue weighted by atomic mass is 16.3. The van der Waals surface area contributed by atoms with Crippen LogP contribution in [0.2, 0.25) is 0 Å². The molecule has 2 fully saturated rings. The van der Waals surface area contributed by atoms with Gasteiger partial charge in [-0.25, -0.2) is 0 Å². The molecule has 19 heavy (non-hydrogen) atoms. The Morgan fingerprint density at radius 3 is 2.42 bits per heavy atom. The number of benzene rings is 1. The molecule has 104 valence electrons. The highest BCUT2D eigenvalue weighted by Gasteiger charge is 2.35. The zero-order valence-corrected chi connectivity index (χ0v) is 11.9. The van der Waals surface area contributed by atoms with Crippen molar-refractivity contribution in [2.75, 3.05) is 19.6 Å². The molecular formula is C17H25NO. The molecule has 0 radical (unpaired) electrons. The number of hydrogen-bond donors (Lipinski definition) is 1. The third kappa shape index (κ3) is 3.01. The average Bonchev–Trinajstić information content (AvgIpc) is 2.97. The topological polar surface area (TPSA) is 23.5 Å². The van der Waals surface area contributed by atoms with Crippen molar-refractivity contribution in [1.82, 2.24) is 4.90 Å². The van der Waals surface area contributed by atoms with E-state index >= 15 is 0 Å². The van der Waals surface area contributed by atoms with Crippen LogP contribution in [-0.2, 0) is 0 Å². The van der Waals surface area contributed by atoms with Gasteiger partial charge in [-0.15, -0.1) is 0 Å². The SMILES string of the molecule is Cc1ccc(C(O)CCN2CC3CCCC3C2)cc1. The van der Waals surface area contributed by atoms with E-state index in [0.717, 1.165) is 30.4 Å². The van der Waals surface area contributed by atoms with E-state index < -0.39 is 0 Å². The monoisotopic (exact) mass is 259 g/mol. The third-order valence-corrected chi connectivity index (χ3v) is 4.98. The van der Waals surface area contributed by atoms with Gasteiger partial charge in [0.15, 0.2) is 0 Å². The molecule has 2 heteroatoms. The van der Waals surface area contributed by atoms with Crippen molar-refractivity contribution in [1.29, 1.82) is 0 Å². The maximum absolute atomic E-state index is 10.2. The second kappa shape index (κ2) is 5.64. The minimum atomic E-state index is -0.305. The van der Waals surface area contributed by atoms with E-state index in [9.17, 15) is 5.11 Å². The number of rotatable bonds is 4. The second-order valence-corrected chi connectivity index (χ2v) is 6.43. The molecule has 1 aromatic carbocycles. The van der Waals surface area contributed by atoms with Gasteiger partial charge in [0.05, 0.1) is 6.10 Å². The van der Waals surface area contributed by atoms with E-state index in [-0.39, 0.29) is 6.10 Å². The average molecular weight is 259 g/mol. The van der Waals surface area contributed by atoms with Crippen LogP contribution in [-0.4, -0.2) is 29.6 Å². The van der Waals surface area contributed by atoms with Crippen molar-refractivity contribution in [3.8, 4) is 0 Å². The lowest BCUT2D eigenvalue weighted by atomic mass is 10.0. The van der Waals surface area contributed by atoms with Crippen LogP contribution in [0, 0.1) is 18.8 Å². The van der Waals surface area contributed by atoms with Gasteiger partial charge in [-0.3, -0.25) is 0 Å². The molecule has 0 aromatic heterocycles. The number of nitrogens with zero attached hydrogens (tertiary/aromatic N) is 1. The van der Waals surface area contributed by atoms with E-state index in [2.05, 4.69) is 36.1 Å². The predicted octanol–water partition coefficient (Wildman–Crippen LogP) is 3.15. The van der Waals surface area contributed by atoms with E-state index in [1.54, 1.807) is 0 Å². The summed E-state index contributed by atoms with van der Waals surface area (Å²) >= 11 is 0. The summed E-state index contributed by atoms with van der Waals surface area (Å²) in [6, 6.07) is 8.27. The van der Waals surface area contributed by atoms with Crippen LogP contribution in [0.4, 0.5) is 0 Å². The van der Waals surface area contributed by atoms with Gasteiger partial charge < -0.3 is 10.0 Å². The first-order chi connectivity index (χ1) is 9.22. The van der Waals surface area contributed by atoms with Crippen molar-refractivity contribution in [2.24, 2.45) is 11.8 Å². The van der Waals surface area contributed by atoms with Crippen LogP contribution < -0.4 is 0 Å². The summed E-state index contributed by atoms with van der Waals surface area (Å²) in [5.74, 6) is 1.91. The van der Waals surface area contributed by atoms with Gasteiger partial charge in [-0.2, -0.15) is 0 Å². The van der Waals surface area contributed by atoms with Crippen LogP contribution in [0.15, 0.2) is 24.3 Å². The number of hydrogen-bond acceptors (Lipinski definition) is 2. The summed E-state index contributed by atoms with van der Waals surface area (Å²) in [6.45, 7) is 5.66. The molecule has 0 spiro atoms.